The summed E-state index contributed by atoms with van der Waals surface area (Å²) in [4.78, 5) is 28.1. The van der Waals surface area contributed by atoms with Crippen LogP contribution in [0.1, 0.15) is 33.5 Å². The van der Waals surface area contributed by atoms with Gasteiger partial charge in [-0.05, 0) is 48.9 Å². The minimum absolute atomic E-state index is 0.264. The highest BCUT2D eigenvalue weighted by Gasteiger charge is 2.51. The Bertz CT molecular complexity index is 1220. The van der Waals surface area contributed by atoms with Crippen molar-refractivity contribution >= 4 is 29.0 Å². The van der Waals surface area contributed by atoms with E-state index in [0.717, 1.165) is 11.1 Å². The van der Waals surface area contributed by atoms with Crippen molar-refractivity contribution in [2.45, 2.75) is 25.5 Å². The number of amides is 1. The van der Waals surface area contributed by atoms with E-state index in [1.54, 1.807) is 30.3 Å². The van der Waals surface area contributed by atoms with Crippen molar-refractivity contribution in [2.75, 3.05) is 19.1 Å². The average Bonchev–Trinajstić information content (AvgIpc) is 3.01. The molecule has 1 aliphatic heterocycles. The Labute approximate surface area is 197 Å². The monoisotopic (exact) mass is 465 g/mol. The van der Waals surface area contributed by atoms with Crippen LogP contribution in [-0.2, 0) is 16.9 Å². The van der Waals surface area contributed by atoms with Crippen molar-refractivity contribution in [3.8, 4) is 11.5 Å². The number of aryl methyl sites for hydroxylation is 1. The van der Waals surface area contributed by atoms with Crippen LogP contribution in [0.15, 0.2) is 60.7 Å². The topological polar surface area (TPSA) is 76.1 Å². The number of hydrogen-bond donors (Lipinski definition) is 1. The van der Waals surface area contributed by atoms with Crippen LogP contribution in [0.25, 0.3) is 0 Å². The molecule has 0 radical (unpaired) electrons. The van der Waals surface area contributed by atoms with E-state index < -0.39 is 23.7 Å². The molecular weight excluding hydrogens is 442 g/mol. The van der Waals surface area contributed by atoms with Crippen LogP contribution in [-0.4, -0.2) is 31.0 Å². The van der Waals surface area contributed by atoms with Crippen LogP contribution in [0, 0.1) is 6.92 Å². The number of nitrogens with zero attached hydrogens (tertiary/aromatic N) is 1. The summed E-state index contributed by atoms with van der Waals surface area (Å²) in [5, 5.41) is 11.9. The first-order valence-electron chi connectivity index (χ1n) is 10.4. The zero-order valence-corrected chi connectivity index (χ0v) is 19.3. The Morgan fingerprint density at radius 1 is 1.00 bits per heavy atom. The second-order valence-electron chi connectivity index (χ2n) is 8.07. The van der Waals surface area contributed by atoms with Gasteiger partial charge in [-0.25, -0.2) is 0 Å². The van der Waals surface area contributed by atoms with E-state index in [2.05, 4.69) is 0 Å². The third-order valence-electron chi connectivity index (χ3n) is 5.88. The predicted octanol–water partition coefficient (Wildman–Crippen LogP) is 4.67. The lowest BCUT2D eigenvalue weighted by atomic mass is 9.88. The lowest BCUT2D eigenvalue weighted by molar-refractivity contribution is -0.136. The molecule has 0 bridgehead atoms. The number of carbonyl (C=O) groups excluding carboxylic acids is 2. The lowest BCUT2D eigenvalue weighted by Crippen LogP contribution is -2.41. The fourth-order valence-electron chi connectivity index (χ4n) is 4.07. The summed E-state index contributed by atoms with van der Waals surface area (Å²) >= 11 is 6.19. The van der Waals surface area contributed by atoms with Gasteiger partial charge in [0.05, 0.1) is 32.9 Å². The van der Waals surface area contributed by atoms with Crippen LogP contribution in [0.2, 0.25) is 5.02 Å². The molecule has 6 nitrogen and oxygen atoms in total. The molecule has 4 rings (SSSR count). The van der Waals surface area contributed by atoms with Crippen LogP contribution < -0.4 is 14.4 Å². The number of Topliss-reactive ketones (excluding diaryl/α,β-unsaturated/α-hetero) is 1. The van der Waals surface area contributed by atoms with E-state index in [4.69, 9.17) is 21.1 Å². The summed E-state index contributed by atoms with van der Waals surface area (Å²) < 4.78 is 10.5. The molecule has 1 amide bonds. The SMILES string of the molecule is COc1ccc(C(=O)C[C@]2(O)C(=O)N(Cc3ccc(C)cc3)c3ccc(Cl)cc32)cc1OC. The Balaban J connectivity index is 1.69. The molecule has 3 aromatic carbocycles. The molecule has 0 aromatic heterocycles. The largest absolute Gasteiger partial charge is 0.493 e. The predicted molar refractivity (Wildman–Crippen MR) is 126 cm³/mol. The van der Waals surface area contributed by atoms with Crippen molar-refractivity contribution in [3.05, 3.63) is 87.9 Å². The lowest BCUT2D eigenvalue weighted by Gasteiger charge is -2.23. The van der Waals surface area contributed by atoms with Crippen molar-refractivity contribution in [1.82, 2.24) is 0 Å². The molecule has 3 aromatic rings. The summed E-state index contributed by atoms with van der Waals surface area (Å²) in [6, 6.07) is 17.4. The number of aliphatic hydroxyl groups is 1. The number of hydrogen-bond acceptors (Lipinski definition) is 5. The number of anilines is 1. The Morgan fingerprint density at radius 3 is 2.36 bits per heavy atom. The molecule has 1 aliphatic rings. The number of ether oxygens (including phenoxy) is 2. The minimum atomic E-state index is -2.03. The molecule has 0 fully saturated rings. The Morgan fingerprint density at radius 2 is 1.70 bits per heavy atom. The van der Waals surface area contributed by atoms with Crippen molar-refractivity contribution < 1.29 is 24.2 Å². The van der Waals surface area contributed by atoms with E-state index in [1.165, 1.54) is 25.2 Å². The van der Waals surface area contributed by atoms with E-state index in [9.17, 15) is 14.7 Å². The summed E-state index contributed by atoms with van der Waals surface area (Å²) in [6.07, 6.45) is -0.431. The molecule has 0 aliphatic carbocycles. The first kappa shape index (κ1) is 22.8. The Hall–Kier alpha value is -3.35. The van der Waals surface area contributed by atoms with E-state index in [0.29, 0.717) is 33.3 Å². The number of carbonyl (C=O) groups is 2. The molecule has 170 valence electrons. The van der Waals surface area contributed by atoms with Gasteiger partial charge in [0, 0.05) is 16.1 Å². The first-order valence-corrected chi connectivity index (χ1v) is 10.8. The molecular formula is C26H24ClNO5. The highest BCUT2D eigenvalue weighted by molar-refractivity contribution is 6.31. The zero-order chi connectivity index (χ0) is 23.8. The molecule has 1 N–H and O–H groups in total. The van der Waals surface area contributed by atoms with Gasteiger partial charge in [0.15, 0.2) is 22.9 Å². The highest BCUT2D eigenvalue weighted by Crippen LogP contribution is 2.45. The fourth-order valence-corrected chi connectivity index (χ4v) is 4.24. The van der Waals surface area contributed by atoms with E-state index in [1.807, 2.05) is 31.2 Å². The number of ketones is 1. The van der Waals surface area contributed by atoms with Gasteiger partial charge in [-0.1, -0.05) is 41.4 Å². The second kappa shape index (κ2) is 8.89. The smallest absolute Gasteiger partial charge is 0.264 e. The minimum Gasteiger partial charge on any atom is -0.493 e. The molecule has 0 spiro atoms. The number of methoxy groups -OCH3 is 2. The zero-order valence-electron chi connectivity index (χ0n) is 18.6. The molecule has 1 atom stereocenters. The van der Waals surface area contributed by atoms with E-state index in [-0.39, 0.29) is 6.54 Å². The van der Waals surface area contributed by atoms with Gasteiger partial charge in [0.1, 0.15) is 0 Å². The molecule has 0 unspecified atom stereocenters. The standard InChI is InChI=1S/C26H24ClNO5/c1-16-4-6-17(7-5-16)15-28-21-10-9-19(27)13-20(21)26(31,25(28)30)14-22(29)18-8-11-23(32-2)24(12-18)33-3/h4-13,31H,14-15H2,1-3H3/t26-/m1/s1. The third-order valence-corrected chi connectivity index (χ3v) is 6.11. The maximum absolute atomic E-state index is 13.5. The van der Waals surface area contributed by atoms with Crippen LogP contribution in [0.4, 0.5) is 5.69 Å². The number of halogens is 1. The summed E-state index contributed by atoms with van der Waals surface area (Å²) in [7, 11) is 2.98. The van der Waals surface area contributed by atoms with Gasteiger partial charge in [-0.2, -0.15) is 0 Å². The van der Waals surface area contributed by atoms with Gasteiger partial charge in [0.25, 0.3) is 5.91 Å². The highest BCUT2D eigenvalue weighted by atomic mass is 35.5. The van der Waals surface area contributed by atoms with Gasteiger partial charge >= 0.3 is 0 Å². The fraction of sp³-hybridized carbons (Fsp3) is 0.231. The number of rotatable bonds is 7. The number of fused-ring (bicyclic) bond motifs is 1. The van der Waals surface area contributed by atoms with Crippen molar-refractivity contribution in [3.63, 3.8) is 0 Å². The Kier molecular flexibility index (Phi) is 6.15. The average molecular weight is 466 g/mol. The maximum Gasteiger partial charge on any atom is 0.264 e. The molecule has 7 heteroatoms. The quantitative estimate of drug-likeness (QED) is 0.513. The molecule has 0 saturated heterocycles. The van der Waals surface area contributed by atoms with Crippen molar-refractivity contribution in [2.24, 2.45) is 0 Å². The normalized spacial score (nSPS) is 17.1. The van der Waals surface area contributed by atoms with Crippen molar-refractivity contribution in [1.29, 1.82) is 0 Å². The maximum atomic E-state index is 13.5. The summed E-state index contributed by atoms with van der Waals surface area (Å²) in [5.74, 6) is -0.104. The van der Waals surface area contributed by atoms with Crippen LogP contribution in [0.5, 0.6) is 11.5 Å². The van der Waals surface area contributed by atoms with Gasteiger partial charge < -0.3 is 19.5 Å². The summed E-state index contributed by atoms with van der Waals surface area (Å²) in [6.45, 7) is 2.25. The molecule has 33 heavy (non-hydrogen) atoms. The summed E-state index contributed by atoms with van der Waals surface area (Å²) in [5.41, 5.74) is 1.14. The molecule has 0 saturated carbocycles. The van der Waals surface area contributed by atoms with Crippen LogP contribution in [0.3, 0.4) is 0 Å². The van der Waals surface area contributed by atoms with Gasteiger partial charge in [-0.3, -0.25) is 9.59 Å². The van der Waals surface area contributed by atoms with Crippen LogP contribution >= 0.6 is 11.6 Å². The van der Waals surface area contributed by atoms with E-state index >= 15 is 0 Å². The first-order chi connectivity index (χ1) is 15.8. The van der Waals surface area contributed by atoms with Gasteiger partial charge in [-0.15, -0.1) is 0 Å². The second-order valence-corrected chi connectivity index (χ2v) is 8.50. The van der Waals surface area contributed by atoms with Gasteiger partial charge in [0.2, 0.25) is 0 Å². The third kappa shape index (κ3) is 4.19. The number of benzene rings is 3. The molecule has 1 heterocycles.